The van der Waals surface area contributed by atoms with Crippen LogP contribution in [0.5, 0.6) is 0 Å². The quantitative estimate of drug-likeness (QED) is 0.0338. The zero-order valence-corrected chi connectivity index (χ0v) is 50.4. The van der Waals surface area contributed by atoms with Crippen LogP contribution in [-0.4, -0.2) is 108 Å². The number of Topliss-reactive ketones (excluding diaryl/α,β-unsaturated/α-hetero) is 1. The van der Waals surface area contributed by atoms with E-state index in [0.29, 0.717) is 56.2 Å². The average Bonchev–Trinajstić information content (AvgIpc) is 4.30. The van der Waals surface area contributed by atoms with Gasteiger partial charge in [-0.05, 0) is 114 Å². The maximum atomic E-state index is 11.6. The Kier molecular flexibility index (Phi) is 37.2. The number of ketones is 1. The summed E-state index contributed by atoms with van der Waals surface area (Å²) in [7, 11) is 0. The summed E-state index contributed by atoms with van der Waals surface area (Å²) in [6.07, 6.45) is 36.2. The van der Waals surface area contributed by atoms with E-state index in [0.717, 1.165) is 96.2 Å². The first-order valence-electron chi connectivity index (χ1n) is 30.0. The second-order valence-electron chi connectivity index (χ2n) is 22.1. The number of aliphatic hydroxyl groups is 1. The van der Waals surface area contributed by atoms with E-state index in [1.807, 2.05) is 26.8 Å². The lowest BCUT2D eigenvalue weighted by atomic mass is 10.0. The highest BCUT2D eigenvalue weighted by Crippen LogP contribution is 2.38. The molecule has 15 nitrogen and oxygen atoms in total. The Morgan fingerprint density at radius 2 is 1.03 bits per heavy atom. The number of fused-ring (bicyclic) bond motifs is 1. The first kappa shape index (κ1) is 71.3. The number of allylic oxidation sites excluding steroid dienone is 1. The van der Waals surface area contributed by atoms with Crippen molar-refractivity contribution in [3.05, 3.63) is 73.7 Å². The Labute approximate surface area is 476 Å². The largest absolute Gasteiger partial charge is 0.471 e. The highest BCUT2D eigenvalue weighted by atomic mass is 16.8. The zero-order valence-electron chi connectivity index (χ0n) is 50.4. The van der Waals surface area contributed by atoms with E-state index < -0.39 is 11.9 Å². The van der Waals surface area contributed by atoms with Crippen LogP contribution < -0.4 is 0 Å². The number of rotatable bonds is 28. The van der Waals surface area contributed by atoms with Crippen LogP contribution >= 0.6 is 0 Å². The molecule has 15 heteroatoms. The number of aliphatic hydroxyl groups excluding tert-OH is 1. The molecule has 6 saturated heterocycles. The number of carbonyl (C=O) groups is 4. The maximum absolute atomic E-state index is 11.6. The molecule has 0 unspecified atom stereocenters. The van der Waals surface area contributed by atoms with E-state index in [4.69, 9.17) is 37.9 Å². The van der Waals surface area contributed by atoms with Crippen molar-refractivity contribution >= 4 is 24.0 Å². The highest BCUT2D eigenvalue weighted by Gasteiger charge is 2.48. The van der Waals surface area contributed by atoms with Gasteiger partial charge in [-0.3, -0.25) is 14.4 Å². The summed E-state index contributed by atoms with van der Waals surface area (Å²) in [6, 6.07) is 0. The van der Waals surface area contributed by atoms with Crippen molar-refractivity contribution in [2.45, 2.75) is 309 Å². The second-order valence-corrected chi connectivity index (χ2v) is 22.1. The number of hydrogen-bond donors (Lipinski definition) is 1. The molecule has 452 valence electrons. The number of unbranched alkanes of at least 4 members (excludes halogenated alkanes) is 5. The molecule has 0 spiro atoms. The van der Waals surface area contributed by atoms with Crippen molar-refractivity contribution in [1.29, 1.82) is 0 Å². The Hall–Kier alpha value is -3.80. The van der Waals surface area contributed by atoms with Crippen LogP contribution in [0.1, 0.15) is 230 Å². The van der Waals surface area contributed by atoms with Crippen LogP contribution in [0.4, 0.5) is 0 Å². The molecule has 0 aliphatic carbocycles. The minimum atomic E-state index is -0.453. The van der Waals surface area contributed by atoms with Crippen LogP contribution in [0.25, 0.3) is 0 Å². The summed E-state index contributed by atoms with van der Waals surface area (Å²) in [4.78, 5) is 42.9. The maximum Gasteiger partial charge on any atom is 0.307 e. The van der Waals surface area contributed by atoms with Gasteiger partial charge < -0.3 is 57.3 Å². The smallest absolute Gasteiger partial charge is 0.307 e. The van der Waals surface area contributed by atoms with Gasteiger partial charge in [-0.2, -0.15) is 0 Å². The molecule has 0 aromatic rings. The fraction of sp³-hybridized carbons (Fsp3) is 0.750. The van der Waals surface area contributed by atoms with Crippen LogP contribution in [-0.2, 0) is 66.5 Å². The zero-order chi connectivity index (χ0) is 58.6. The molecule has 0 aromatic heterocycles. The third kappa shape index (κ3) is 31.3. The van der Waals surface area contributed by atoms with Gasteiger partial charge in [0.1, 0.15) is 18.5 Å². The summed E-state index contributed by atoms with van der Waals surface area (Å²) in [5, 5.41) is 9.80. The lowest BCUT2D eigenvalue weighted by Gasteiger charge is -2.20. The fourth-order valence-corrected chi connectivity index (χ4v) is 9.86. The first-order chi connectivity index (χ1) is 37.8. The van der Waals surface area contributed by atoms with E-state index in [1.54, 1.807) is 18.4 Å². The topological polar surface area (TPSA) is 181 Å². The Balaban J connectivity index is 0.000000338. The third-order valence-corrected chi connectivity index (χ3v) is 14.0. The van der Waals surface area contributed by atoms with E-state index in [-0.39, 0.29) is 66.7 Å². The van der Waals surface area contributed by atoms with Gasteiger partial charge in [0.25, 0.3) is 0 Å². The van der Waals surface area contributed by atoms with E-state index in [2.05, 4.69) is 63.8 Å². The summed E-state index contributed by atoms with van der Waals surface area (Å²) >= 11 is 0. The van der Waals surface area contributed by atoms with Gasteiger partial charge in [0, 0.05) is 46.0 Å². The summed E-state index contributed by atoms with van der Waals surface area (Å²) < 4.78 is 54.8. The lowest BCUT2D eigenvalue weighted by molar-refractivity contribution is -0.205. The van der Waals surface area contributed by atoms with Gasteiger partial charge in [0.15, 0.2) is 17.9 Å². The fourth-order valence-electron chi connectivity index (χ4n) is 9.86. The minimum absolute atomic E-state index is 0.0783. The first-order valence-corrected chi connectivity index (χ1v) is 30.0. The standard InChI is InChI=1S/C15H24O2.C13H22O4.C13H20O4.C12H20O2.C11H20O3/c1-5-6-8-14-11-13(4)15(17-14)9-7-10-16-12(2)3;2*1-3-4-6-11-9-12(15)13(17-11)7-5-8-16-10(2)14;1-3-4-6-11-9-10(2)12(14-11)7-5-8-13;1-4-5-6-8-7-9-10(12-8)14-11(2,3)13-9/h7,10,14-15H,2,4-6,8-9,11H2,1,3H3;5,8,11-13,15H,3-4,6-7,9H2,1-2H3;5,8,11,13H,3-4,6-7,9H2,1-2H3;8,11-12H,2-7,9H2,1H3;8-10H,4-7H2,1-3H3/b10-7+;;;;/t14-,15-;11-,12+,13-;11-,13-;11-,12-;8-,9+,10+/m00000/s1. The monoisotopic (exact) mass is 1110 g/mol. The van der Waals surface area contributed by atoms with Gasteiger partial charge in [0.2, 0.25) is 0 Å². The molecule has 6 rings (SSSR count). The molecule has 0 bridgehead atoms. The molecule has 1 N–H and O–H groups in total. The van der Waals surface area contributed by atoms with Crippen LogP contribution in [0.15, 0.2) is 73.7 Å². The number of hydrogen-bond acceptors (Lipinski definition) is 15. The van der Waals surface area contributed by atoms with Crippen molar-refractivity contribution in [3.8, 4) is 0 Å². The van der Waals surface area contributed by atoms with Crippen molar-refractivity contribution in [2.75, 3.05) is 0 Å². The molecule has 12 atom stereocenters. The number of ether oxygens (including phenoxy) is 10. The van der Waals surface area contributed by atoms with Crippen molar-refractivity contribution in [3.63, 3.8) is 0 Å². The Morgan fingerprint density at radius 3 is 1.52 bits per heavy atom. The molecule has 0 aromatic carbocycles. The van der Waals surface area contributed by atoms with Gasteiger partial charge in [-0.15, -0.1) is 0 Å². The van der Waals surface area contributed by atoms with Gasteiger partial charge in [0.05, 0.1) is 79.5 Å². The molecule has 6 fully saturated rings. The number of esters is 2. The van der Waals surface area contributed by atoms with Gasteiger partial charge in [-0.1, -0.05) is 119 Å². The summed E-state index contributed by atoms with van der Waals surface area (Å²) in [5.41, 5.74) is 2.39. The molecular formula is C64H106O15. The Morgan fingerprint density at radius 1 is 0.582 bits per heavy atom. The third-order valence-electron chi connectivity index (χ3n) is 14.0. The second kappa shape index (κ2) is 41.2. The van der Waals surface area contributed by atoms with Gasteiger partial charge in [-0.25, -0.2) is 0 Å². The van der Waals surface area contributed by atoms with Crippen LogP contribution in [0.3, 0.4) is 0 Å². The molecule has 6 aliphatic heterocycles. The van der Waals surface area contributed by atoms with E-state index >= 15 is 0 Å². The minimum Gasteiger partial charge on any atom is -0.471 e. The molecule has 6 aliphatic rings. The highest BCUT2D eigenvalue weighted by molar-refractivity contribution is 5.85. The number of aldehydes is 1. The molecule has 0 saturated carbocycles. The van der Waals surface area contributed by atoms with Crippen molar-refractivity contribution in [1.82, 2.24) is 0 Å². The molecule has 6 heterocycles. The van der Waals surface area contributed by atoms with Crippen molar-refractivity contribution in [2.24, 2.45) is 0 Å². The van der Waals surface area contributed by atoms with Crippen LogP contribution in [0.2, 0.25) is 0 Å². The van der Waals surface area contributed by atoms with E-state index in [9.17, 15) is 24.3 Å². The molecule has 79 heavy (non-hydrogen) atoms. The molecule has 0 amide bonds. The molecular weight excluding hydrogens is 1010 g/mol. The predicted octanol–water partition coefficient (Wildman–Crippen LogP) is 14.2. The molecule has 0 radical (unpaired) electrons. The predicted molar refractivity (Wildman–Crippen MR) is 309 cm³/mol. The van der Waals surface area contributed by atoms with Crippen molar-refractivity contribution < 1.29 is 71.7 Å². The van der Waals surface area contributed by atoms with Crippen LogP contribution in [0, 0.1) is 0 Å². The normalized spacial score (nSPS) is 28.6. The Bertz CT molecular complexity index is 1780. The summed E-state index contributed by atoms with van der Waals surface area (Å²) in [5.74, 6) is -0.298. The SMILES string of the molecule is C=C(C)O/C=C/C[C@@H]1O[C@@H](CCCC)CC1=C.C=C1C[C@H](CCCC)O[C@H]1CCC=O.CCCC[C@H]1CC(=O)[C@H](CC=COC(C)=O)O1.CCCC[C@H]1C[C@@H](O)[C@H](CC=COC(C)=O)O1.CCCC[C@H]1C[C@H]2OC(C)(C)O[C@H]2O1. The average molecular weight is 1120 g/mol. The lowest BCUT2D eigenvalue weighted by Crippen LogP contribution is -2.24. The van der Waals surface area contributed by atoms with Gasteiger partial charge >= 0.3 is 11.9 Å². The number of carbonyl (C=O) groups excluding carboxylic acids is 4. The summed E-state index contributed by atoms with van der Waals surface area (Å²) in [6.45, 7) is 31.0. The van der Waals surface area contributed by atoms with E-state index in [1.165, 1.54) is 76.0 Å².